The maximum Gasteiger partial charge on any atom is 0.187 e. The average Bonchev–Trinajstić information content (AvgIpc) is 3.92. The van der Waals surface area contributed by atoms with E-state index in [4.69, 9.17) is 61.6 Å². The highest BCUT2D eigenvalue weighted by Crippen LogP contribution is 2.40. The highest BCUT2D eigenvalue weighted by atomic mass is 16.8. The Morgan fingerprint density at radius 2 is 0.781 bits per heavy atom. The van der Waals surface area contributed by atoms with Crippen molar-refractivity contribution in [2.75, 3.05) is 46.2 Å². The summed E-state index contributed by atoms with van der Waals surface area (Å²) in [5.41, 5.74) is 0. The van der Waals surface area contributed by atoms with Crippen LogP contribution < -0.4 is 0 Å². The normalized spacial score (nSPS) is 54.6. The molecule has 8 aliphatic heterocycles. The minimum Gasteiger partial charge on any atom is -0.394 e. The Kier molecular flexibility index (Phi) is 15.8. The number of fused-ring (bicyclic) bond motifs is 4. The van der Waals surface area contributed by atoms with Gasteiger partial charge in [-0.25, -0.2) is 0 Å². The van der Waals surface area contributed by atoms with Gasteiger partial charge in [0.2, 0.25) is 0 Å². The van der Waals surface area contributed by atoms with Crippen molar-refractivity contribution in [3.8, 4) is 0 Å². The SMILES string of the molecule is OC[C@@H](O)[C@@H]1OC[C@H](O)[C@H]1O[C@@H]1O[C@H](CO)[C@H](O)[C@H](O[C@@H]2O[C@H]3CO[C@@H]([C@@H]2O)[C@@H]3O[C@@H]2O[C@H](CO)[C@H](O)[C@H](O[C@@H]3O[C@H]4CO[C@@H]([C@@H]3O)[C@@H]4O[C@@H]3O[C@H](CO)[C@H](O)[C@H](O)[C@H]3O)[C@H]2O)[C@H]1O. The van der Waals surface area contributed by atoms with Crippen LogP contribution in [0.5, 0.6) is 0 Å². The summed E-state index contributed by atoms with van der Waals surface area (Å²) >= 11 is 0. The summed E-state index contributed by atoms with van der Waals surface area (Å²) in [5, 5.41) is 158. The third-order valence-electron chi connectivity index (χ3n) is 12.8. The standard InChI is InChI=1S/C36H58O28/c37-1-8(41)24-25(9(42)5-52-24)60-33-20(48)28(16(44)11(3-39)56-33)63-36-23(51)31-27(14(59-36)7-54-31)62-34-21(49)29(17(45)12(4-40)57-34)64-35-22(50)30-26(13(58-35)6-53-30)61-32-19(47)18(46)15(43)10(2-38)55-32/h8-51H,1-7H2/t8-,9+,10-,11-,12-,13+,14+,15+,16+,17+,18+,19-,20-,21-,22+,23+,24+,25-,26-,27-,28+,29+,30+,31+,32+,33+,34+,35+,36+/m1/s1. The lowest BCUT2D eigenvalue weighted by molar-refractivity contribution is -0.379. The molecule has 8 saturated heterocycles. The first-order valence-corrected chi connectivity index (χ1v) is 20.9. The van der Waals surface area contributed by atoms with E-state index in [1.807, 2.05) is 0 Å². The summed E-state index contributed by atoms with van der Waals surface area (Å²) in [4.78, 5) is 0. The topological polar surface area (TPSA) is 423 Å². The van der Waals surface area contributed by atoms with Crippen molar-refractivity contribution in [2.24, 2.45) is 0 Å². The largest absolute Gasteiger partial charge is 0.394 e. The molecular formula is C36H58O28. The fraction of sp³-hybridized carbons (Fsp3) is 1.00. The van der Waals surface area contributed by atoms with Gasteiger partial charge in [-0.05, 0) is 0 Å². The van der Waals surface area contributed by atoms with Gasteiger partial charge in [0.1, 0.15) is 146 Å². The van der Waals surface area contributed by atoms with Crippen LogP contribution in [0.15, 0.2) is 0 Å². The highest BCUT2D eigenvalue weighted by molar-refractivity contribution is 5.03. The molecule has 8 aliphatic rings. The fourth-order valence-corrected chi connectivity index (χ4v) is 9.23. The minimum atomic E-state index is -1.89. The molecule has 28 heteroatoms. The highest BCUT2D eigenvalue weighted by Gasteiger charge is 2.60. The number of rotatable bonds is 15. The van der Waals surface area contributed by atoms with Crippen LogP contribution in [0.25, 0.3) is 0 Å². The predicted octanol–water partition coefficient (Wildman–Crippen LogP) is -11.3. The van der Waals surface area contributed by atoms with Crippen LogP contribution in [0.3, 0.4) is 0 Å². The Hall–Kier alpha value is -1.12. The number of hydrogen-bond donors (Lipinski definition) is 15. The molecule has 0 aliphatic carbocycles. The van der Waals surface area contributed by atoms with Gasteiger partial charge >= 0.3 is 0 Å². The number of aliphatic hydroxyl groups is 15. The summed E-state index contributed by atoms with van der Waals surface area (Å²) in [6.07, 6.45) is -44.1. The first kappa shape index (κ1) is 49.3. The van der Waals surface area contributed by atoms with Crippen molar-refractivity contribution < 1.29 is 138 Å². The number of aliphatic hydroxyl groups excluding tert-OH is 15. The lowest BCUT2D eigenvalue weighted by atomic mass is 9.96. The van der Waals surface area contributed by atoms with E-state index in [0.717, 1.165) is 0 Å². The molecule has 0 aromatic heterocycles. The molecule has 0 radical (unpaired) electrons. The van der Waals surface area contributed by atoms with Gasteiger partial charge in [-0.2, -0.15) is 0 Å². The smallest absolute Gasteiger partial charge is 0.187 e. The molecule has 8 heterocycles. The van der Waals surface area contributed by atoms with Gasteiger partial charge in [-0.1, -0.05) is 0 Å². The van der Waals surface area contributed by atoms with Crippen LogP contribution in [-0.2, 0) is 61.6 Å². The molecule has 0 unspecified atom stereocenters. The number of hydrogen-bond acceptors (Lipinski definition) is 28. The van der Waals surface area contributed by atoms with E-state index < -0.39 is 204 Å². The molecule has 0 spiro atoms. The molecule has 0 aromatic carbocycles. The molecule has 8 fully saturated rings. The molecule has 28 nitrogen and oxygen atoms in total. The zero-order chi connectivity index (χ0) is 45.9. The van der Waals surface area contributed by atoms with E-state index in [0.29, 0.717) is 0 Å². The Morgan fingerprint density at radius 3 is 1.22 bits per heavy atom. The maximum absolute atomic E-state index is 11.5. The summed E-state index contributed by atoms with van der Waals surface area (Å²) in [5.74, 6) is 0. The monoisotopic (exact) mass is 938 g/mol. The first-order valence-electron chi connectivity index (χ1n) is 20.9. The maximum atomic E-state index is 11.5. The van der Waals surface area contributed by atoms with Crippen molar-refractivity contribution in [1.29, 1.82) is 0 Å². The van der Waals surface area contributed by atoms with E-state index >= 15 is 0 Å². The van der Waals surface area contributed by atoms with Crippen molar-refractivity contribution in [3.63, 3.8) is 0 Å². The van der Waals surface area contributed by atoms with Crippen LogP contribution in [0.4, 0.5) is 0 Å². The van der Waals surface area contributed by atoms with Crippen molar-refractivity contribution in [3.05, 3.63) is 0 Å². The van der Waals surface area contributed by atoms with Crippen LogP contribution in [0.2, 0.25) is 0 Å². The molecule has 8 rings (SSSR count). The molecule has 4 bridgehead atoms. The molecule has 370 valence electrons. The first-order chi connectivity index (χ1) is 30.6. The molecule has 64 heavy (non-hydrogen) atoms. The summed E-state index contributed by atoms with van der Waals surface area (Å²) in [7, 11) is 0. The van der Waals surface area contributed by atoms with Crippen LogP contribution in [0, 0.1) is 0 Å². The number of ether oxygens (including phenoxy) is 13. The molecule has 29 atom stereocenters. The van der Waals surface area contributed by atoms with Gasteiger partial charge < -0.3 is 138 Å². The van der Waals surface area contributed by atoms with E-state index in [1.165, 1.54) is 0 Å². The molecule has 0 aromatic rings. The van der Waals surface area contributed by atoms with Crippen LogP contribution in [0.1, 0.15) is 0 Å². The Bertz CT molecular complexity index is 1500. The van der Waals surface area contributed by atoms with E-state index in [9.17, 15) is 76.6 Å². The Labute approximate surface area is 362 Å². The van der Waals surface area contributed by atoms with Crippen LogP contribution in [-0.4, -0.2) is 301 Å². The summed E-state index contributed by atoms with van der Waals surface area (Å²) < 4.78 is 74.5. The third-order valence-corrected chi connectivity index (χ3v) is 12.8. The Morgan fingerprint density at radius 1 is 0.391 bits per heavy atom. The van der Waals surface area contributed by atoms with Gasteiger partial charge in [-0.15, -0.1) is 0 Å². The predicted molar refractivity (Wildman–Crippen MR) is 191 cm³/mol. The van der Waals surface area contributed by atoms with Crippen molar-refractivity contribution >= 4 is 0 Å². The van der Waals surface area contributed by atoms with Gasteiger partial charge in [0, 0.05) is 0 Å². The molecular weight excluding hydrogens is 880 g/mol. The fourth-order valence-electron chi connectivity index (χ4n) is 9.23. The molecule has 0 saturated carbocycles. The Balaban J connectivity index is 0.900. The summed E-state index contributed by atoms with van der Waals surface area (Å²) in [6, 6.07) is 0. The van der Waals surface area contributed by atoms with E-state index in [1.54, 1.807) is 0 Å². The lowest BCUT2D eigenvalue weighted by Crippen LogP contribution is -2.66. The van der Waals surface area contributed by atoms with E-state index in [2.05, 4.69) is 0 Å². The van der Waals surface area contributed by atoms with Gasteiger partial charge in [-0.3, -0.25) is 0 Å². The zero-order valence-corrected chi connectivity index (χ0v) is 33.7. The van der Waals surface area contributed by atoms with E-state index in [-0.39, 0.29) is 19.8 Å². The second-order valence-corrected chi connectivity index (χ2v) is 16.9. The van der Waals surface area contributed by atoms with Gasteiger partial charge in [0.05, 0.1) is 46.2 Å². The second kappa shape index (κ2) is 20.5. The van der Waals surface area contributed by atoms with Crippen LogP contribution >= 0.6 is 0 Å². The molecule has 15 N–H and O–H groups in total. The zero-order valence-electron chi connectivity index (χ0n) is 33.7. The quantitative estimate of drug-likeness (QED) is 0.0725. The minimum absolute atomic E-state index is 0.176. The van der Waals surface area contributed by atoms with Gasteiger partial charge in [0.25, 0.3) is 0 Å². The van der Waals surface area contributed by atoms with Crippen molar-refractivity contribution in [2.45, 2.75) is 178 Å². The van der Waals surface area contributed by atoms with Gasteiger partial charge in [0.15, 0.2) is 31.5 Å². The second-order valence-electron chi connectivity index (χ2n) is 16.9. The lowest BCUT2D eigenvalue weighted by Gasteiger charge is -2.48. The average molecular weight is 939 g/mol. The van der Waals surface area contributed by atoms with Crippen molar-refractivity contribution in [1.82, 2.24) is 0 Å². The summed E-state index contributed by atoms with van der Waals surface area (Å²) in [6.45, 7) is -3.79. The third kappa shape index (κ3) is 9.22. The molecule has 0 amide bonds.